The quantitative estimate of drug-likeness (QED) is 0.744. The van der Waals surface area contributed by atoms with E-state index in [9.17, 15) is 0 Å². The lowest BCUT2D eigenvalue weighted by molar-refractivity contribution is 0.282. The van der Waals surface area contributed by atoms with Crippen LogP contribution < -0.4 is 15.6 Å². The van der Waals surface area contributed by atoms with Gasteiger partial charge in [-0.2, -0.15) is 4.99 Å². The van der Waals surface area contributed by atoms with Gasteiger partial charge in [0.2, 0.25) is 0 Å². The molecule has 1 unspecified atom stereocenters. The van der Waals surface area contributed by atoms with Crippen LogP contribution in [0.3, 0.4) is 0 Å². The first-order valence-electron chi connectivity index (χ1n) is 7.68. The molecule has 4 rings (SSSR count). The van der Waals surface area contributed by atoms with Crippen LogP contribution in [0.1, 0.15) is 5.56 Å². The number of anilines is 2. The molecule has 8 heteroatoms. The molecule has 0 saturated carbocycles. The van der Waals surface area contributed by atoms with Crippen molar-refractivity contribution < 1.29 is 5.11 Å². The first-order valence-corrected chi connectivity index (χ1v) is 7.68. The summed E-state index contributed by atoms with van der Waals surface area (Å²) in [4.78, 5) is 12.8. The van der Waals surface area contributed by atoms with Crippen LogP contribution >= 0.6 is 0 Å². The number of rotatable bonds is 3. The standard InChI is InChI=1S/C17H16N7O/c18-15-6-5-14(9-20-15)24-8-7-19-10-16(24)22-17(23-24)21-13-3-1-12(11-25)2-4-13/h1-10,25H,11H2,(H2,18,20)(H,21,23)/q+1. The number of nitrogens with zero attached hydrogens (tertiary/aromatic N) is 5. The predicted octanol–water partition coefficient (Wildman–Crippen LogP) is 1.81. The van der Waals surface area contributed by atoms with Gasteiger partial charge in [0.15, 0.2) is 11.9 Å². The molecule has 0 amide bonds. The number of benzene rings is 1. The van der Waals surface area contributed by atoms with Gasteiger partial charge in [0.25, 0.3) is 11.8 Å². The van der Waals surface area contributed by atoms with E-state index >= 15 is 0 Å². The third-order valence-corrected chi connectivity index (χ3v) is 3.94. The Kier molecular flexibility index (Phi) is 3.60. The maximum atomic E-state index is 9.13. The predicted molar refractivity (Wildman–Crippen MR) is 98.9 cm³/mol. The van der Waals surface area contributed by atoms with Crippen LogP contribution in [-0.4, -0.2) is 28.1 Å². The molecule has 0 radical (unpaired) electrons. The number of fused-ring (bicyclic) bond motifs is 1. The minimum atomic E-state index is 0.00885. The maximum absolute atomic E-state index is 9.13. The molecule has 1 aromatic heterocycles. The number of nitrogens with one attached hydrogen (secondary N) is 1. The van der Waals surface area contributed by atoms with Crippen LogP contribution in [0.25, 0.3) is 0 Å². The molecule has 2 aromatic rings. The molecule has 1 aromatic carbocycles. The zero-order valence-corrected chi connectivity index (χ0v) is 13.2. The number of guanidine groups is 1. The van der Waals surface area contributed by atoms with E-state index in [0.29, 0.717) is 17.6 Å². The largest absolute Gasteiger partial charge is 0.392 e. The third-order valence-electron chi connectivity index (χ3n) is 3.94. The number of aromatic nitrogens is 1. The van der Waals surface area contributed by atoms with Crippen molar-refractivity contribution in [2.75, 3.05) is 11.1 Å². The first-order chi connectivity index (χ1) is 12.2. The monoisotopic (exact) mass is 334 g/mol. The van der Waals surface area contributed by atoms with Crippen molar-refractivity contribution in [2.45, 2.75) is 6.61 Å². The van der Waals surface area contributed by atoms with Crippen LogP contribution in [0.15, 0.2) is 70.1 Å². The molecule has 4 N–H and O–H groups in total. The number of hydrogen-bond acceptors (Lipinski definition) is 7. The Morgan fingerprint density at radius 2 is 1.96 bits per heavy atom. The van der Waals surface area contributed by atoms with E-state index in [4.69, 9.17) is 15.9 Å². The summed E-state index contributed by atoms with van der Waals surface area (Å²) in [5.74, 6) is 1.56. The molecule has 2 aliphatic heterocycles. The minimum absolute atomic E-state index is 0.00885. The average molecular weight is 334 g/mol. The van der Waals surface area contributed by atoms with Crippen LogP contribution in [0.5, 0.6) is 0 Å². The van der Waals surface area contributed by atoms with E-state index in [-0.39, 0.29) is 11.2 Å². The minimum Gasteiger partial charge on any atom is -0.392 e. The van der Waals surface area contributed by atoms with Gasteiger partial charge in [0, 0.05) is 11.8 Å². The van der Waals surface area contributed by atoms with Gasteiger partial charge in [-0.3, -0.25) is 4.99 Å². The van der Waals surface area contributed by atoms with Crippen molar-refractivity contribution in [3.8, 4) is 0 Å². The normalized spacial score (nSPS) is 20.8. The molecular formula is C17H16N7O+. The molecule has 0 fully saturated rings. The molecule has 124 valence electrons. The summed E-state index contributed by atoms with van der Waals surface area (Å²) >= 11 is 0. The van der Waals surface area contributed by atoms with E-state index in [2.05, 4.69) is 20.3 Å². The van der Waals surface area contributed by atoms with Gasteiger partial charge in [0.1, 0.15) is 12.0 Å². The topological polar surface area (TPSA) is 108 Å². The summed E-state index contributed by atoms with van der Waals surface area (Å²) in [6.07, 6.45) is 6.85. The van der Waals surface area contributed by atoms with Crippen LogP contribution in [0, 0.1) is 0 Å². The van der Waals surface area contributed by atoms with Gasteiger partial charge < -0.3 is 16.2 Å². The highest BCUT2D eigenvalue weighted by atomic mass is 16.3. The number of aliphatic imine (C=N–C) groups is 2. The van der Waals surface area contributed by atoms with Gasteiger partial charge in [-0.25, -0.2) is 4.98 Å². The molecule has 1 atom stereocenters. The van der Waals surface area contributed by atoms with Gasteiger partial charge in [-0.1, -0.05) is 16.7 Å². The zero-order chi connectivity index (χ0) is 17.3. The highest BCUT2D eigenvalue weighted by Crippen LogP contribution is 2.30. The Morgan fingerprint density at radius 3 is 2.68 bits per heavy atom. The lowest BCUT2D eigenvalue weighted by atomic mass is 10.2. The Labute approximate surface area is 144 Å². The number of aliphatic hydroxyl groups excluding tert-OH is 1. The first kappa shape index (κ1) is 15.2. The highest BCUT2D eigenvalue weighted by molar-refractivity contribution is 6.38. The average Bonchev–Trinajstić information content (AvgIpc) is 3.02. The molecule has 0 aliphatic carbocycles. The SMILES string of the molecule is Nc1ccc([N+]23C=CN=CC2=NC(Nc2ccc(CO)cc2)=N3)cn1. The van der Waals surface area contributed by atoms with Crippen LogP contribution in [0.2, 0.25) is 0 Å². The van der Waals surface area contributed by atoms with Gasteiger partial charge in [-0.15, -0.1) is 0 Å². The number of quaternary nitrogens is 1. The second-order valence-corrected chi connectivity index (χ2v) is 5.58. The van der Waals surface area contributed by atoms with Gasteiger partial charge >= 0.3 is 0 Å². The van der Waals surface area contributed by atoms with Crippen molar-refractivity contribution in [1.82, 2.24) is 9.58 Å². The second kappa shape index (κ2) is 5.93. The van der Waals surface area contributed by atoms with Gasteiger partial charge in [-0.05, 0) is 28.9 Å². The molecule has 3 heterocycles. The van der Waals surface area contributed by atoms with Crippen LogP contribution in [-0.2, 0) is 6.61 Å². The maximum Gasteiger partial charge on any atom is 0.287 e. The Hall–Kier alpha value is -3.36. The molecule has 0 bridgehead atoms. The molecule has 0 spiro atoms. The van der Waals surface area contributed by atoms with E-state index < -0.39 is 0 Å². The summed E-state index contributed by atoms with van der Waals surface area (Å²) in [6.45, 7) is 0.00885. The summed E-state index contributed by atoms with van der Waals surface area (Å²) in [6, 6.07) is 11.0. The molecule has 25 heavy (non-hydrogen) atoms. The fourth-order valence-electron chi connectivity index (χ4n) is 2.63. The summed E-state index contributed by atoms with van der Waals surface area (Å²) in [5, 5.41) is 17.0. The van der Waals surface area contributed by atoms with E-state index in [1.807, 2.05) is 36.5 Å². The summed E-state index contributed by atoms with van der Waals surface area (Å²) in [5.41, 5.74) is 8.16. The van der Waals surface area contributed by atoms with Crippen molar-refractivity contribution >= 4 is 35.2 Å². The second-order valence-electron chi connectivity index (χ2n) is 5.58. The molecule has 8 nitrogen and oxygen atoms in total. The lowest BCUT2D eigenvalue weighted by Gasteiger charge is -2.23. The van der Waals surface area contributed by atoms with Gasteiger partial charge in [0.05, 0.1) is 19.0 Å². The smallest absolute Gasteiger partial charge is 0.287 e. The Morgan fingerprint density at radius 1 is 1.12 bits per heavy atom. The number of nitrogens with two attached hydrogens (primary N) is 1. The highest BCUT2D eigenvalue weighted by Gasteiger charge is 2.43. The fraction of sp³-hybridized carbons (Fsp3) is 0.0588. The number of hydrogen-bond donors (Lipinski definition) is 3. The van der Waals surface area contributed by atoms with Crippen molar-refractivity contribution in [1.29, 1.82) is 0 Å². The summed E-state index contributed by atoms with van der Waals surface area (Å²) < 4.78 is 0.0494. The molecule has 2 aliphatic rings. The van der Waals surface area contributed by atoms with Crippen LogP contribution in [0.4, 0.5) is 17.2 Å². The van der Waals surface area contributed by atoms with E-state index in [1.165, 1.54) is 0 Å². The van der Waals surface area contributed by atoms with E-state index in [1.54, 1.807) is 24.7 Å². The summed E-state index contributed by atoms with van der Waals surface area (Å²) in [7, 11) is 0. The lowest BCUT2D eigenvalue weighted by Crippen LogP contribution is -2.44. The van der Waals surface area contributed by atoms with E-state index in [0.717, 1.165) is 16.9 Å². The molecule has 0 saturated heterocycles. The number of nitrogen functional groups attached to an aromatic ring is 1. The molecular weight excluding hydrogens is 318 g/mol. The number of aliphatic hydroxyl groups is 1. The van der Waals surface area contributed by atoms with Crippen molar-refractivity contribution in [2.24, 2.45) is 15.1 Å². The number of pyridine rings is 1. The fourth-order valence-corrected chi connectivity index (χ4v) is 2.63. The van der Waals surface area contributed by atoms with Crippen molar-refractivity contribution in [3.63, 3.8) is 0 Å². The Bertz CT molecular complexity index is 913. The zero-order valence-electron chi connectivity index (χ0n) is 13.2. The number of amidine groups is 1. The Balaban J connectivity index is 1.69. The third kappa shape index (κ3) is 2.69. The van der Waals surface area contributed by atoms with Crippen molar-refractivity contribution in [3.05, 3.63) is 60.6 Å².